The number of rotatable bonds is 4. The highest BCUT2D eigenvalue weighted by molar-refractivity contribution is 9.10. The van der Waals surface area contributed by atoms with Crippen molar-refractivity contribution in [1.82, 2.24) is 0 Å². The molecule has 0 N–H and O–H groups in total. The number of benzene rings is 2. The molecule has 0 atom stereocenters. The molecule has 4 nitrogen and oxygen atoms in total. The molecular weight excluding hydrogens is 343 g/mol. The van der Waals surface area contributed by atoms with Gasteiger partial charge in [-0.25, -0.2) is 4.39 Å². The fraction of sp³-hybridized carbons (Fsp3) is 0.133. The normalized spacial score (nSPS) is 12.3. The Morgan fingerprint density at radius 2 is 2.00 bits per heavy atom. The summed E-state index contributed by atoms with van der Waals surface area (Å²) < 4.78 is 29.8. The zero-order chi connectivity index (χ0) is 14.8. The Morgan fingerprint density at radius 3 is 2.81 bits per heavy atom. The van der Waals surface area contributed by atoms with Gasteiger partial charge in [0.2, 0.25) is 6.79 Å². The van der Waals surface area contributed by atoms with Crippen LogP contribution in [0.3, 0.4) is 0 Å². The number of carbonyl (C=O) groups is 1. The van der Waals surface area contributed by atoms with Gasteiger partial charge < -0.3 is 14.2 Å². The number of fused-ring (bicyclic) bond motifs is 1. The van der Waals surface area contributed by atoms with Crippen molar-refractivity contribution in [2.24, 2.45) is 0 Å². The van der Waals surface area contributed by atoms with Crippen molar-refractivity contribution in [2.45, 2.75) is 0 Å². The maximum absolute atomic E-state index is 13.6. The average Bonchev–Trinajstić information content (AvgIpc) is 2.93. The number of halogens is 2. The van der Waals surface area contributed by atoms with Crippen molar-refractivity contribution in [3.05, 3.63) is 52.3 Å². The van der Waals surface area contributed by atoms with Crippen molar-refractivity contribution in [3.8, 4) is 17.2 Å². The molecule has 3 rings (SSSR count). The zero-order valence-electron chi connectivity index (χ0n) is 10.8. The average molecular weight is 353 g/mol. The summed E-state index contributed by atoms with van der Waals surface area (Å²) in [5.74, 6) is 0.368. The van der Waals surface area contributed by atoms with Crippen molar-refractivity contribution in [2.75, 3.05) is 13.4 Å². The molecule has 0 saturated heterocycles. The summed E-state index contributed by atoms with van der Waals surface area (Å²) in [6.45, 7) is -0.105. The van der Waals surface area contributed by atoms with Crippen LogP contribution in [0.25, 0.3) is 0 Å². The van der Waals surface area contributed by atoms with Gasteiger partial charge in [-0.3, -0.25) is 4.79 Å². The van der Waals surface area contributed by atoms with Gasteiger partial charge in [0, 0.05) is 10.0 Å². The van der Waals surface area contributed by atoms with Gasteiger partial charge in [-0.05, 0) is 36.4 Å². The maximum Gasteiger partial charge on any atom is 0.231 e. The van der Waals surface area contributed by atoms with Crippen molar-refractivity contribution >= 4 is 21.7 Å². The molecule has 0 radical (unpaired) electrons. The van der Waals surface area contributed by atoms with Crippen LogP contribution >= 0.6 is 15.9 Å². The van der Waals surface area contributed by atoms with E-state index in [9.17, 15) is 9.18 Å². The lowest BCUT2D eigenvalue weighted by molar-refractivity contribution is 0.0918. The zero-order valence-corrected chi connectivity index (χ0v) is 12.4. The maximum atomic E-state index is 13.6. The van der Waals surface area contributed by atoms with Crippen LogP contribution in [-0.4, -0.2) is 19.2 Å². The van der Waals surface area contributed by atoms with Crippen molar-refractivity contribution < 1.29 is 23.4 Å². The molecule has 1 heterocycles. The number of carbonyl (C=O) groups excluding carboxylic acids is 1. The van der Waals surface area contributed by atoms with E-state index in [-0.39, 0.29) is 24.9 Å². The first-order valence-electron chi connectivity index (χ1n) is 6.14. The molecule has 0 aromatic heterocycles. The minimum absolute atomic E-state index is 0.0345. The monoisotopic (exact) mass is 352 g/mol. The largest absolute Gasteiger partial charge is 0.482 e. The van der Waals surface area contributed by atoms with Crippen LogP contribution in [0, 0.1) is 5.82 Å². The minimum Gasteiger partial charge on any atom is -0.482 e. The highest BCUT2D eigenvalue weighted by Gasteiger charge is 2.17. The summed E-state index contributed by atoms with van der Waals surface area (Å²) in [5.41, 5.74) is 0.428. The van der Waals surface area contributed by atoms with Gasteiger partial charge >= 0.3 is 0 Å². The quantitative estimate of drug-likeness (QED) is 0.789. The van der Waals surface area contributed by atoms with Crippen LogP contribution in [0.1, 0.15) is 10.4 Å². The Kier molecular flexibility index (Phi) is 3.79. The third-order valence-electron chi connectivity index (χ3n) is 2.95. The predicted molar refractivity (Wildman–Crippen MR) is 76.5 cm³/mol. The van der Waals surface area contributed by atoms with E-state index in [2.05, 4.69) is 15.9 Å². The van der Waals surface area contributed by atoms with Gasteiger partial charge in [0.1, 0.15) is 0 Å². The van der Waals surface area contributed by atoms with E-state index < -0.39 is 5.82 Å². The lowest BCUT2D eigenvalue weighted by atomic mass is 10.1. The van der Waals surface area contributed by atoms with Crippen LogP contribution in [-0.2, 0) is 0 Å². The topological polar surface area (TPSA) is 44.8 Å². The molecule has 0 unspecified atom stereocenters. The fourth-order valence-corrected chi connectivity index (χ4v) is 2.22. The Labute approximate surface area is 128 Å². The van der Waals surface area contributed by atoms with Crippen molar-refractivity contribution in [1.29, 1.82) is 0 Å². The SMILES string of the molecule is O=C(COc1ccc(Br)cc1F)c1ccc2c(c1)OCO2. The van der Waals surface area contributed by atoms with E-state index in [1.165, 1.54) is 12.1 Å². The highest BCUT2D eigenvalue weighted by atomic mass is 79.9. The van der Waals surface area contributed by atoms with Crippen LogP contribution in [0.2, 0.25) is 0 Å². The number of ether oxygens (including phenoxy) is 3. The van der Waals surface area contributed by atoms with Gasteiger partial charge in [0.05, 0.1) is 0 Å². The highest BCUT2D eigenvalue weighted by Crippen LogP contribution is 2.32. The second kappa shape index (κ2) is 5.73. The molecule has 6 heteroatoms. The molecule has 0 amide bonds. The lowest BCUT2D eigenvalue weighted by Gasteiger charge is -2.07. The number of Topliss-reactive ketones (excluding diaryl/α,β-unsaturated/α-hetero) is 1. The first kappa shape index (κ1) is 13.9. The molecule has 0 bridgehead atoms. The predicted octanol–water partition coefficient (Wildman–Crippen LogP) is 3.58. The second-order valence-electron chi connectivity index (χ2n) is 4.35. The molecule has 1 aliphatic heterocycles. The van der Waals surface area contributed by atoms with E-state index in [4.69, 9.17) is 14.2 Å². The molecule has 0 spiro atoms. The summed E-state index contributed by atoms with van der Waals surface area (Å²) in [4.78, 5) is 12.0. The van der Waals surface area contributed by atoms with Crippen LogP contribution in [0.15, 0.2) is 40.9 Å². The van der Waals surface area contributed by atoms with Gasteiger partial charge in [-0.15, -0.1) is 0 Å². The molecule has 2 aromatic rings. The molecule has 0 fully saturated rings. The Bertz CT molecular complexity index is 702. The molecule has 0 aliphatic carbocycles. The molecule has 1 aliphatic rings. The number of ketones is 1. The van der Waals surface area contributed by atoms with Gasteiger partial charge in [-0.2, -0.15) is 0 Å². The minimum atomic E-state index is -0.525. The Hall–Kier alpha value is -2.08. The molecule has 2 aromatic carbocycles. The van der Waals surface area contributed by atoms with Crippen molar-refractivity contribution in [3.63, 3.8) is 0 Å². The van der Waals surface area contributed by atoms with E-state index in [0.717, 1.165) is 0 Å². The second-order valence-corrected chi connectivity index (χ2v) is 5.27. The van der Waals surface area contributed by atoms with Gasteiger partial charge in [-0.1, -0.05) is 15.9 Å². The molecule has 108 valence electrons. The standard InChI is InChI=1S/C15H10BrFO4/c16-10-2-4-13(11(17)6-10)19-7-12(18)9-1-3-14-15(5-9)21-8-20-14/h1-6H,7-8H2. The summed E-state index contributed by atoms with van der Waals surface area (Å²) in [6, 6.07) is 9.26. The van der Waals surface area contributed by atoms with Crippen LogP contribution < -0.4 is 14.2 Å². The lowest BCUT2D eigenvalue weighted by Crippen LogP contribution is -2.12. The van der Waals surface area contributed by atoms with Gasteiger partial charge in [0.25, 0.3) is 0 Å². The van der Waals surface area contributed by atoms with E-state index in [1.54, 1.807) is 24.3 Å². The smallest absolute Gasteiger partial charge is 0.231 e. The van der Waals surface area contributed by atoms with E-state index >= 15 is 0 Å². The molecule has 0 saturated carbocycles. The van der Waals surface area contributed by atoms with Crippen LogP contribution in [0.5, 0.6) is 17.2 Å². The number of hydrogen-bond acceptors (Lipinski definition) is 4. The van der Waals surface area contributed by atoms with Crippen LogP contribution in [0.4, 0.5) is 4.39 Å². The fourth-order valence-electron chi connectivity index (χ4n) is 1.89. The Balaban J connectivity index is 1.69. The number of hydrogen-bond donors (Lipinski definition) is 0. The third kappa shape index (κ3) is 3.00. The van der Waals surface area contributed by atoms with E-state index in [0.29, 0.717) is 21.5 Å². The third-order valence-corrected chi connectivity index (χ3v) is 3.44. The summed E-state index contributed by atoms with van der Waals surface area (Å²) in [7, 11) is 0. The van der Waals surface area contributed by atoms with E-state index in [1.807, 2.05) is 0 Å². The first-order valence-corrected chi connectivity index (χ1v) is 6.93. The van der Waals surface area contributed by atoms with Gasteiger partial charge in [0.15, 0.2) is 35.5 Å². The molecule has 21 heavy (non-hydrogen) atoms. The summed E-state index contributed by atoms with van der Waals surface area (Å²) in [5, 5.41) is 0. The summed E-state index contributed by atoms with van der Waals surface area (Å²) >= 11 is 3.15. The molecular formula is C15H10BrFO4. The Morgan fingerprint density at radius 1 is 1.19 bits per heavy atom. The summed E-state index contributed by atoms with van der Waals surface area (Å²) in [6.07, 6.45) is 0. The first-order chi connectivity index (χ1) is 10.1.